The second-order valence-corrected chi connectivity index (χ2v) is 11.7. The number of sulfonamides is 1. The molecule has 1 amide bonds. The first-order valence-electron chi connectivity index (χ1n) is 11.4. The standard InChI is InChI=1S/C25H23Cl2N3O5S/c26-18-4-9-23(21(27)11-18)35-15-24(31)28-19-5-7-20(8-6-19)36(33,34)29-12-16-10-17(14-29)22-2-1-3-25(32)30(22)13-16/h1-9,11,16-17H,10,12-15H2,(H,28,31). The summed E-state index contributed by atoms with van der Waals surface area (Å²) in [5.41, 5.74) is 1.28. The summed E-state index contributed by atoms with van der Waals surface area (Å²) in [6.45, 7) is 0.933. The number of benzene rings is 2. The number of carbonyl (C=O) groups excluding carboxylic acids is 1. The molecule has 0 saturated carbocycles. The Bertz CT molecular complexity index is 1470. The van der Waals surface area contributed by atoms with E-state index in [0.717, 1.165) is 12.1 Å². The fraction of sp³-hybridized carbons (Fsp3) is 0.280. The molecule has 1 aromatic heterocycles. The number of hydrogen-bond donors (Lipinski definition) is 1. The molecule has 3 heterocycles. The van der Waals surface area contributed by atoms with Gasteiger partial charge < -0.3 is 14.6 Å². The first-order valence-corrected chi connectivity index (χ1v) is 13.6. The third-order valence-corrected chi connectivity index (χ3v) is 8.85. The topological polar surface area (TPSA) is 97.7 Å². The van der Waals surface area contributed by atoms with Crippen molar-refractivity contribution >= 4 is 44.8 Å². The number of amides is 1. The fourth-order valence-corrected chi connectivity index (χ4v) is 6.87. The van der Waals surface area contributed by atoms with Crippen molar-refractivity contribution in [2.45, 2.75) is 23.8 Å². The third-order valence-electron chi connectivity index (χ3n) is 6.47. The van der Waals surface area contributed by atoms with E-state index in [1.54, 1.807) is 41.0 Å². The van der Waals surface area contributed by atoms with Gasteiger partial charge in [-0.15, -0.1) is 0 Å². The molecule has 11 heteroatoms. The zero-order chi connectivity index (χ0) is 25.4. The highest BCUT2D eigenvalue weighted by Crippen LogP contribution is 2.37. The van der Waals surface area contributed by atoms with Crippen LogP contribution in [-0.4, -0.2) is 42.9 Å². The molecule has 1 fully saturated rings. The minimum atomic E-state index is -3.73. The first kappa shape index (κ1) is 24.8. The van der Waals surface area contributed by atoms with Crippen molar-refractivity contribution in [1.29, 1.82) is 0 Å². The van der Waals surface area contributed by atoms with Gasteiger partial charge in [-0.2, -0.15) is 4.31 Å². The average molecular weight is 548 g/mol. The van der Waals surface area contributed by atoms with Crippen LogP contribution in [0.15, 0.2) is 70.4 Å². The minimum absolute atomic E-state index is 0.0196. The molecule has 0 radical (unpaired) electrons. The van der Waals surface area contributed by atoms with E-state index < -0.39 is 15.9 Å². The van der Waals surface area contributed by atoms with Gasteiger partial charge in [-0.25, -0.2) is 8.42 Å². The van der Waals surface area contributed by atoms with Gasteiger partial charge in [0.1, 0.15) is 5.75 Å². The van der Waals surface area contributed by atoms with E-state index in [4.69, 9.17) is 27.9 Å². The highest BCUT2D eigenvalue weighted by molar-refractivity contribution is 7.89. The number of ether oxygens (including phenoxy) is 1. The normalized spacial score (nSPS) is 19.4. The van der Waals surface area contributed by atoms with Gasteiger partial charge in [0.2, 0.25) is 10.0 Å². The van der Waals surface area contributed by atoms with E-state index >= 15 is 0 Å². The number of rotatable bonds is 6. The van der Waals surface area contributed by atoms with Crippen LogP contribution in [0.2, 0.25) is 10.0 Å². The van der Waals surface area contributed by atoms with Gasteiger partial charge in [-0.3, -0.25) is 9.59 Å². The Labute approximate surface area is 218 Å². The molecule has 2 bridgehead atoms. The summed E-state index contributed by atoms with van der Waals surface area (Å²) in [5, 5.41) is 3.43. The highest BCUT2D eigenvalue weighted by atomic mass is 35.5. The molecular formula is C25H23Cl2N3O5S. The van der Waals surface area contributed by atoms with Crippen LogP contribution in [0.5, 0.6) is 5.75 Å². The molecule has 0 spiro atoms. The fourth-order valence-electron chi connectivity index (χ4n) is 4.84. The predicted molar refractivity (Wildman–Crippen MR) is 137 cm³/mol. The maximum absolute atomic E-state index is 13.4. The third kappa shape index (κ3) is 5.01. The van der Waals surface area contributed by atoms with Crippen LogP contribution >= 0.6 is 23.2 Å². The number of piperidine rings is 1. The molecule has 1 saturated heterocycles. The molecule has 8 nitrogen and oxygen atoms in total. The Morgan fingerprint density at radius 1 is 1.03 bits per heavy atom. The Hall–Kier alpha value is -2.85. The lowest BCUT2D eigenvalue weighted by atomic mass is 9.84. The smallest absolute Gasteiger partial charge is 0.262 e. The molecule has 188 valence electrons. The summed E-state index contributed by atoms with van der Waals surface area (Å²) >= 11 is 11.9. The summed E-state index contributed by atoms with van der Waals surface area (Å²) in [5.74, 6) is -0.0291. The number of fused-ring (bicyclic) bond motifs is 4. The summed E-state index contributed by atoms with van der Waals surface area (Å²) in [6, 6.07) is 15.9. The number of hydrogen-bond acceptors (Lipinski definition) is 5. The van der Waals surface area contributed by atoms with E-state index in [1.165, 1.54) is 22.5 Å². The lowest BCUT2D eigenvalue weighted by molar-refractivity contribution is -0.118. The number of anilines is 1. The van der Waals surface area contributed by atoms with Crippen LogP contribution in [0.1, 0.15) is 18.0 Å². The zero-order valence-electron chi connectivity index (χ0n) is 19.1. The summed E-state index contributed by atoms with van der Waals surface area (Å²) in [4.78, 5) is 24.6. The van der Waals surface area contributed by atoms with Crippen LogP contribution < -0.4 is 15.6 Å². The van der Waals surface area contributed by atoms with Crippen molar-refractivity contribution in [2.24, 2.45) is 5.92 Å². The Kier molecular flexibility index (Phi) is 6.82. The first-order chi connectivity index (χ1) is 17.2. The predicted octanol–water partition coefficient (Wildman–Crippen LogP) is 3.98. The van der Waals surface area contributed by atoms with Gasteiger partial charge in [0.15, 0.2) is 6.61 Å². The van der Waals surface area contributed by atoms with Crippen LogP contribution in [0, 0.1) is 5.92 Å². The summed E-state index contributed by atoms with van der Waals surface area (Å²) in [7, 11) is -3.73. The van der Waals surface area contributed by atoms with Crippen molar-refractivity contribution < 1.29 is 17.9 Å². The molecule has 2 aromatic carbocycles. The van der Waals surface area contributed by atoms with Crippen molar-refractivity contribution in [3.05, 3.63) is 86.8 Å². The molecule has 1 N–H and O–H groups in total. The Morgan fingerprint density at radius 2 is 1.81 bits per heavy atom. The molecule has 3 aromatic rings. The van der Waals surface area contributed by atoms with E-state index in [0.29, 0.717) is 41.1 Å². The number of nitrogens with one attached hydrogen (secondary N) is 1. The number of pyridine rings is 1. The van der Waals surface area contributed by atoms with E-state index in [2.05, 4.69) is 5.32 Å². The lowest BCUT2D eigenvalue weighted by Gasteiger charge is -2.42. The minimum Gasteiger partial charge on any atom is -0.482 e. The molecule has 2 aliphatic rings. The lowest BCUT2D eigenvalue weighted by Crippen LogP contribution is -2.48. The number of halogens is 2. The van der Waals surface area contributed by atoms with Crippen molar-refractivity contribution in [1.82, 2.24) is 8.87 Å². The highest BCUT2D eigenvalue weighted by Gasteiger charge is 2.39. The zero-order valence-corrected chi connectivity index (χ0v) is 21.4. The number of carbonyl (C=O) groups is 1. The van der Waals surface area contributed by atoms with E-state index in [-0.39, 0.29) is 28.9 Å². The van der Waals surface area contributed by atoms with Crippen LogP contribution in [0.3, 0.4) is 0 Å². The van der Waals surface area contributed by atoms with Crippen molar-refractivity contribution in [3.8, 4) is 5.75 Å². The van der Waals surface area contributed by atoms with E-state index in [9.17, 15) is 18.0 Å². The maximum atomic E-state index is 13.4. The van der Waals surface area contributed by atoms with E-state index in [1.807, 2.05) is 6.07 Å². The Balaban J connectivity index is 1.24. The van der Waals surface area contributed by atoms with Gasteiger partial charge in [-0.05, 0) is 60.9 Å². The summed E-state index contributed by atoms with van der Waals surface area (Å²) < 4.78 is 35.4. The molecule has 0 aliphatic carbocycles. The quantitative estimate of drug-likeness (QED) is 0.503. The van der Waals surface area contributed by atoms with Gasteiger partial charge >= 0.3 is 0 Å². The average Bonchev–Trinajstić information content (AvgIpc) is 2.84. The number of aromatic nitrogens is 1. The molecule has 36 heavy (non-hydrogen) atoms. The molecule has 5 rings (SSSR count). The molecule has 2 atom stereocenters. The monoisotopic (exact) mass is 547 g/mol. The van der Waals surface area contributed by atoms with Crippen LogP contribution in [-0.2, 0) is 21.4 Å². The van der Waals surface area contributed by atoms with Crippen LogP contribution in [0.25, 0.3) is 0 Å². The Morgan fingerprint density at radius 3 is 2.56 bits per heavy atom. The van der Waals surface area contributed by atoms with Gasteiger partial charge in [-0.1, -0.05) is 29.3 Å². The van der Waals surface area contributed by atoms with Crippen molar-refractivity contribution in [2.75, 3.05) is 25.0 Å². The second kappa shape index (κ2) is 9.89. The van der Waals surface area contributed by atoms with Gasteiger partial charge in [0.25, 0.3) is 11.5 Å². The van der Waals surface area contributed by atoms with Gasteiger partial charge in [0, 0.05) is 48.0 Å². The largest absolute Gasteiger partial charge is 0.482 e. The molecule has 2 unspecified atom stereocenters. The van der Waals surface area contributed by atoms with Gasteiger partial charge in [0.05, 0.1) is 9.92 Å². The second-order valence-electron chi connectivity index (χ2n) is 8.96. The maximum Gasteiger partial charge on any atom is 0.262 e. The molecular weight excluding hydrogens is 525 g/mol. The SMILES string of the molecule is O=C(COc1ccc(Cl)cc1Cl)Nc1ccc(S(=O)(=O)N2CC3CC(C2)c2cccc(=O)n2C3)cc1. The molecule has 2 aliphatic heterocycles. The number of nitrogens with zero attached hydrogens (tertiary/aromatic N) is 2. The van der Waals surface area contributed by atoms with Crippen molar-refractivity contribution in [3.63, 3.8) is 0 Å². The summed E-state index contributed by atoms with van der Waals surface area (Å²) in [6.07, 6.45) is 0.865. The van der Waals surface area contributed by atoms with Crippen LogP contribution in [0.4, 0.5) is 5.69 Å².